The van der Waals surface area contributed by atoms with Crippen molar-refractivity contribution in [3.05, 3.63) is 59.7 Å². The Bertz CT molecular complexity index is 962. The van der Waals surface area contributed by atoms with Crippen LogP contribution in [0.15, 0.2) is 48.5 Å². The number of ether oxygens (including phenoxy) is 2. The summed E-state index contributed by atoms with van der Waals surface area (Å²) in [4.78, 5) is 35.7. The van der Waals surface area contributed by atoms with Crippen molar-refractivity contribution in [1.29, 1.82) is 0 Å². The van der Waals surface area contributed by atoms with Gasteiger partial charge in [-0.2, -0.15) is 0 Å². The largest absolute Gasteiger partial charge is 0.480 e. The Morgan fingerprint density at radius 3 is 2.32 bits per heavy atom. The average Bonchev–Trinajstić information content (AvgIpc) is 3.34. The Balaban J connectivity index is 1.37. The summed E-state index contributed by atoms with van der Waals surface area (Å²) in [7, 11) is 0. The molecule has 1 heterocycles. The minimum Gasteiger partial charge on any atom is -0.480 e. The van der Waals surface area contributed by atoms with Gasteiger partial charge in [-0.3, -0.25) is 9.59 Å². The van der Waals surface area contributed by atoms with Gasteiger partial charge in [0, 0.05) is 12.5 Å². The summed E-state index contributed by atoms with van der Waals surface area (Å²) in [6, 6.07) is 14.5. The molecule has 8 heteroatoms. The molecular formula is C23H24N2O6. The summed E-state index contributed by atoms with van der Waals surface area (Å²) < 4.78 is 10.9. The van der Waals surface area contributed by atoms with Crippen molar-refractivity contribution < 1.29 is 29.0 Å². The first-order valence-electron chi connectivity index (χ1n) is 10.2. The van der Waals surface area contributed by atoms with E-state index in [-0.39, 0.29) is 19.1 Å². The first-order chi connectivity index (χ1) is 15.0. The molecule has 3 unspecified atom stereocenters. The van der Waals surface area contributed by atoms with Crippen molar-refractivity contribution in [2.75, 3.05) is 13.2 Å². The molecule has 2 aliphatic rings. The summed E-state index contributed by atoms with van der Waals surface area (Å²) in [5, 5.41) is 14.0. The third-order valence-corrected chi connectivity index (χ3v) is 5.73. The second-order valence-electron chi connectivity index (χ2n) is 7.72. The normalized spacial score (nSPS) is 20.4. The number of carboxylic acids is 1. The van der Waals surface area contributed by atoms with E-state index in [0.29, 0.717) is 6.42 Å². The minimum atomic E-state index is -1.15. The maximum atomic E-state index is 12.5. The lowest BCUT2D eigenvalue weighted by Gasteiger charge is -2.21. The monoisotopic (exact) mass is 424 g/mol. The quantitative estimate of drug-likeness (QED) is 0.656. The van der Waals surface area contributed by atoms with Gasteiger partial charge in [0.1, 0.15) is 12.6 Å². The number of aliphatic carboxylic acids is 1. The van der Waals surface area contributed by atoms with Gasteiger partial charge in [-0.1, -0.05) is 48.5 Å². The second-order valence-corrected chi connectivity index (χ2v) is 7.72. The third-order valence-electron chi connectivity index (χ3n) is 5.73. The zero-order valence-corrected chi connectivity index (χ0v) is 17.0. The Kier molecular flexibility index (Phi) is 5.90. The molecule has 2 aromatic carbocycles. The van der Waals surface area contributed by atoms with E-state index in [1.807, 2.05) is 36.4 Å². The molecule has 0 spiro atoms. The predicted molar refractivity (Wildman–Crippen MR) is 112 cm³/mol. The lowest BCUT2D eigenvalue weighted by molar-refractivity contribution is -0.143. The molecule has 0 radical (unpaired) electrons. The Morgan fingerprint density at radius 2 is 1.71 bits per heavy atom. The summed E-state index contributed by atoms with van der Waals surface area (Å²) in [5.74, 6) is -1.78. The fourth-order valence-electron chi connectivity index (χ4n) is 4.14. The van der Waals surface area contributed by atoms with E-state index >= 15 is 0 Å². The van der Waals surface area contributed by atoms with Crippen LogP contribution in [-0.4, -0.2) is 54.5 Å². The second kappa shape index (κ2) is 8.77. The van der Waals surface area contributed by atoms with Crippen LogP contribution in [0.3, 0.4) is 0 Å². The van der Waals surface area contributed by atoms with E-state index in [9.17, 15) is 14.4 Å². The van der Waals surface area contributed by atoms with E-state index in [1.54, 1.807) is 0 Å². The molecule has 1 saturated heterocycles. The molecule has 1 aliphatic carbocycles. The van der Waals surface area contributed by atoms with Crippen LogP contribution in [0.4, 0.5) is 4.79 Å². The van der Waals surface area contributed by atoms with Gasteiger partial charge in [0.25, 0.3) is 5.91 Å². The number of fused-ring (bicyclic) bond motifs is 3. The molecule has 31 heavy (non-hydrogen) atoms. The van der Waals surface area contributed by atoms with Gasteiger partial charge < -0.3 is 25.2 Å². The number of amides is 2. The number of hydrogen-bond donors (Lipinski definition) is 3. The van der Waals surface area contributed by atoms with E-state index in [0.717, 1.165) is 22.3 Å². The molecule has 4 rings (SSSR count). The number of benzene rings is 2. The Labute approximate surface area is 179 Å². The number of carbonyl (C=O) groups is 3. The average molecular weight is 424 g/mol. The Hall–Kier alpha value is -3.39. The van der Waals surface area contributed by atoms with Crippen LogP contribution in [0, 0.1) is 0 Å². The molecule has 162 valence electrons. The van der Waals surface area contributed by atoms with Crippen LogP contribution >= 0.6 is 0 Å². The molecule has 3 N–H and O–H groups in total. The highest BCUT2D eigenvalue weighted by Crippen LogP contribution is 2.44. The van der Waals surface area contributed by atoms with Crippen molar-refractivity contribution >= 4 is 18.0 Å². The minimum absolute atomic E-state index is 0.0616. The molecule has 0 saturated carbocycles. The fraction of sp³-hybridized carbons (Fsp3) is 0.348. The summed E-state index contributed by atoms with van der Waals surface area (Å²) in [6.45, 7) is 1.82. The molecule has 2 aromatic rings. The van der Waals surface area contributed by atoms with Gasteiger partial charge in [-0.15, -0.1) is 0 Å². The smallest absolute Gasteiger partial charge is 0.407 e. The van der Waals surface area contributed by atoms with E-state index in [4.69, 9.17) is 14.6 Å². The van der Waals surface area contributed by atoms with Gasteiger partial charge >= 0.3 is 12.1 Å². The van der Waals surface area contributed by atoms with Crippen molar-refractivity contribution in [3.8, 4) is 11.1 Å². The maximum Gasteiger partial charge on any atom is 0.407 e. The van der Waals surface area contributed by atoms with Crippen LogP contribution in [-0.2, 0) is 19.1 Å². The highest BCUT2D eigenvalue weighted by Gasteiger charge is 2.37. The highest BCUT2D eigenvalue weighted by molar-refractivity contribution is 5.87. The zero-order valence-electron chi connectivity index (χ0n) is 17.0. The molecule has 2 amide bonds. The van der Waals surface area contributed by atoms with Crippen LogP contribution < -0.4 is 10.6 Å². The lowest BCUT2D eigenvalue weighted by atomic mass is 9.98. The molecule has 1 aliphatic heterocycles. The van der Waals surface area contributed by atoms with Crippen molar-refractivity contribution in [1.82, 2.24) is 10.6 Å². The third kappa shape index (κ3) is 4.25. The fourth-order valence-corrected chi connectivity index (χ4v) is 4.14. The van der Waals surface area contributed by atoms with E-state index < -0.39 is 36.2 Å². The number of carbonyl (C=O) groups excluding carboxylic acids is 2. The van der Waals surface area contributed by atoms with Crippen LogP contribution in [0.5, 0.6) is 0 Å². The molecular weight excluding hydrogens is 400 g/mol. The zero-order chi connectivity index (χ0) is 22.0. The highest BCUT2D eigenvalue weighted by atomic mass is 16.6. The lowest BCUT2D eigenvalue weighted by Crippen LogP contribution is -2.51. The summed E-state index contributed by atoms with van der Waals surface area (Å²) in [5.41, 5.74) is 4.50. The first-order valence-corrected chi connectivity index (χ1v) is 10.2. The van der Waals surface area contributed by atoms with Gasteiger partial charge in [0.2, 0.25) is 0 Å². The van der Waals surface area contributed by atoms with Crippen molar-refractivity contribution in [2.24, 2.45) is 0 Å². The van der Waals surface area contributed by atoms with Gasteiger partial charge in [0.05, 0.1) is 6.04 Å². The van der Waals surface area contributed by atoms with Crippen LogP contribution in [0.2, 0.25) is 0 Å². The number of hydrogen-bond acceptors (Lipinski definition) is 5. The molecule has 0 bridgehead atoms. The van der Waals surface area contributed by atoms with E-state index in [1.165, 1.54) is 6.92 Å². The van der Waals surface area contributed by atoms with Crippen LogP contribution in [0.25, 0.3) is 11.1 Å². The van der Waals surface area contributed by atoms with Gasteiger partial charge in [0.15, 0.2) is 6.10 Å². The molecule has 3 atom stereocenters. The van der Waals surface area contributed by atoms with Crippen molar-refractivity contribution in [3.63, 3.8) is 0 Å². The SMILES string of the molecule is CC(NC(=O)C1OCCC1NC(=O)OCC1c2ccccc2-c2ccccc21)C(=O)O. The Morgan fingerprint density at radius 1 is 1.10 bits per heavy atom. The topological polar surface area (TPSA) is 114 Å². The summed E-state index contributed by atoms with van der Waals surface area (Å²) in [6.07, 6.45) is -1.16. The first kappa shape index (κ1) is 20.9. The van der Waals surface area contributed by atoms with Gasteiger partial charge in [-0.25, -0.2) is 4.79 Å². The van der Waals surface area contributed by atoms with Gasteiger partial charge in [-0.05, 0) is 35.6 Å². The standard InChI is InChI=1S/C23H24N2O6/c1-13(22(27)28)24-21(26)20-19(10-11-30-20)25-23(29)31-12-18-16-8-4-2-6-14(16)15-7-3-5-9-17(15)18/h2-9,13,18-20H,10-12H2,1H3,(H,24,26)(H,25,29)(H,27,28). The molecule has 0 aromatic heterocycles. The van der Waals surface area contributed by atoms with Crippen molar-refractivity contribution in [2.45, 2.75) is 37.5 Å². The number of alkyl carbamates (subject to hydrolysis) is 1. The predicted octanol–water partition coefficient (Wildman–Crippen LogP) is 2.27. The maximum absolute atomic E-state index is 12.5. The summed E-state index contributed by atoms with van der Waals surface area (Å²) >= 11 is 0. The number of nitrogens with one attached hydrogen (secondary N) is 2. The number of rotatable bonds is 6. The van der Waals surface area contributed by atoms with E-state index in [2.05, 4.69) is 22.8 Å². The number of carboxylic acid groups (broad SMARTS) is 1. The van der Waals surface area contributed by atoms with Crippen LogP contribution in [0.1, 0.15) is 30.4 Å². The molecule has 8 nitrogen and oxygen atoms in total. The molecule has 1 fully saturated rings.